The lowest BCUT2D eigenvalue weighted by atomic mass is 9.88. The van der Waals surface area contributed by atoms with Gasteiger partial charge in [0.2, 0.25) is 0 Å². The van der Waals surface area contributed by atoms with E-state index in [2.05, 4.69) is 22.0 Å². The van der Waals surface area contributed by atoms with Crippen LogP contribution in [0.25, 0.3) is 0 Å². The number of aliphatic hydroxyl groups excluding tert-OH is 1. The number of aryl methyl sites for hydroxylation is 1. The summed E-state index contributed by atoms with van der Waals surface area (Å²) in [5.74, 6) is -0.0887. The average Bonchev–Trinajstić information content (AvgIpc) is 2.39. The molecule has 3 N–H and O–H groups in total. The molecule has 0 spiro atoms. The molecule has 2 aromatic rings. The average molecular weight is 320 g/mol. The normalized spacial score (nSPS) is 14.1. The van der Waals surface area contributed by atoms with Crippen LogP contribution in [-0.2, 0) is 0 Å². The maximum atomic E-state index is 10.5. The van der Waals surface area contributed by atoms with Gasteiger partial charge in [-0.15, -0.1) is 0 Å². The minimum absolute atomic E-state index is 0.0887. The Kier molecular flexibility index (Phi) is 4.75. The molecule has 2 rings (SSSR count). The Morgan fingerprint density at radius 3 is 2.42 bits per heavy atom. The summed E-state index contributed by atoms with van der Waals surface area (Å²) in [5, 5.41) is 10.5. The molecule has 3 heteroatoms. The summed E-state index contributed by atoms with van der Waals surface area (Å²) in [7, 11) is 0. The number of rotatable bonds is 4. The molecule has 0 bridgehead atoms. The molecule has 100 valence electrons. The standard InChI is InChI=1S/C16H18BrNO/c1-11-4-2-5-12(8-11)15(10-18)16(19)13-6-3-7-14(17)9-13/h2-9,15-16,19H,10,18H2,1H3. The van der Waals surface area contributed by atoms with Gasteiger partial charge in [0.25, 0.3) is 0 Å². The summed E-state index contributed by atoms with van der Waals surface area (Å²) in [6.45, 7) is 2.46. The van der Waals surface area contributed by atoms with E-state index in [1.165, 1.54) is 5.56 Å². The molecule has 0 aliphatic heterocycles. The minimum Gasteiger partial charge on any atom is -0.388 e. The first-order valence-corrected chi connectivity index (χ1v) is 7.11. The number of halogens is 1. The molecule has 0 aliphatic rings. The summed E-state index contributed by atoms with van der Waals surface area (Å²) in [6.07, 6.45) is -0.593. The van der Waals surface area contributed by atoms with Crippen LogP contribution in [0.15, 0.2) is 53.0 Å². The summed E-state index contributed by atoms with van der Waals surface area (Å²) in [4.78, 5) is 0. The van der Waals surface area contributed by atoms with E-state index in [1.807, 2.05) is 49.4 Å². The van der Waals surface area contributed by atoms with E-state index in [4.69, 9.17) is 5.73 Å². The Balaban J connectivity index is 2.31. The van der Waals surface area contributed by atoms with Gasteiger partial charge in [-0.3, -0.25) is 0 Å². The fourth-order valence-electron chi connectivity index (χ4n) is 2.27. The molecule has 0 radical (unpaired) electrons. The summed E-state index contributed by atoms with van der Waals surface area (Å²) in [5.41, 5.74) is 9.00. The van der Waals surface area contributed by atoms with Crippen LogP contribution in [-0.4, -0.2) is 11.7 Å². The van der Waals surface area contributed by atoms with Gasteiger partial charge in [-0.25, -0.2) is 0 Å². The second kappa shape index (κ2) is 6.33. The fourth-order valence-corrected chi connectivity index (χ4v) is 2.69. The summed E-state index contributed by atoms with van der Waals surface area (Å²) in [6, 6.07) is 15.9. The van der Waals surface area contributed by atoms with Crippen LogP contribution in [0, 0.1) is 6.92 Å². The molecule has 0 saturated heterocycles. The summed E-state index contributed by atoms with van der Waals surface area (Å²) >= 11 is 3.43. The van der Waals surface area contributed by atoms with Crippen LogP contribution in [0.5, 0.6) is 0 Å². The second-order valence-corrected chi connectivity index (χ2v) is 5.67. The highest BCUT2D eigenvalue weighted by Crippen LogP contribution is 2.31. The molecule has 2 atom stereocenters. The maximum Gasteiger partial charge on any atom is 0.0871 e. The SMILES string of the molecule is Cc1cccc(C(CN)C(O)c2cccc(Br)c2)c1. The van der Waals surface area contributed by atoms with Gasteiger partial charge in [0.1, 0.15) is 0 Å². The fraction of sp³-hybridized carbons (Fsp3) is 0.250. The van der Waals surface area contributed by atoms with Gasteiger partial charge in [-0.2, -0.15) is 0 Å². The van der Waals surface area contributed by atoms with Crippen molar-refractivity contribution in [2.45, 2.75) is 18.9 Å². The van der Waals surface area contributed by atoms with Gasteiger partial charge in [-0.1, -0.05) is 57.9 Å². The van der Waals surface area contributed by atoms with Crippen molar-refractivity contribution >= 4 is 15.9 Å². The third-order valence-corrected chi connectivity index (χ3v) is 3.79. The van der Waals surface area contributed by atoms with Crippen LogP contribution in [0.1, 0.15) is 28.7 Å². The molecule has 19 heavy (non-hydrogen) atoms. The zero-order chi connectivity index (χ0) is 13.8. The van der Waals surface area contributed by atoms with Crippen LogP contribution in [0.3, 0.4) is 0 Å². The van der Waals surface area contributed by atoms with Crippen molar-refractivity contribution in [2.24, 2.45) is 5.73 Å². The van der Waals surface area contributed by atoms with Crippen molar-refractivity contribution < 1.29 is 5.11 Å². The second-order valence-electron chi connectivity index (χ2n) is 4.76. The van der Waals surface area contributed by atoms with E-state index in [0.717, 1.165) is 15.6 Å². The van der Waals surface area contributed by atoms with E-state index in [-0.39, 0.29) is 5.92 Å². The highest BCUT2D eigenvalue weighted by Gasteiger charge is 2.21. The number of benzene rings is 2. The largest absolute Gasteiger partial charge is 0.388 e. The van der Waals surface area contributed by atoms with Crippen molar-refractivity contribution in [1.29, 1.82) is 0 Å². The molecular formula is C16H18BrNO. The molecule has 0 saturated carbocycles. The van der Waals surface area contributed by atoms with E-state index < -0.39 is 6.10 Å². The molecule has 0 aromatic heterocycles. The van der Waals surface area contributed by atoms with E-state index in [1.54, 1.807) is 0 Å². The third kappa shape index (κ3) is 3.44. The van der Waals surface area contributed by atoms with Gasteiger partial charge < -0.3 is 10.8 Å². The number of nitrogens with two attached hydrogens (primary N) is 1. The van der Waals surface area contributed by atoms with E-state index in [9.17, 15) is 5.11 Å². The van der Waals surface area contributed by atoms with Crippen LogP contribution < -0.4 is 5.73 Å². The molecule has 0 amide bonds. The van der Waals surface area contributed by atoms with Crippen molar-refractivity contribution in [1.82, 2.24) is 0 Å². The predicted molar refractivity (Wildman–Crippen MR) is 82.1 cm³/mol. The molecule has 2 unspecified atom stereocenters. The van der Waals surface area contributed by atoms with Gasteiger partial charge >= 0.3 is 0 Å². The lowest BCUT2D eigenvalue weighted by Gasteiger charge is -2.23. The Morgan fingerprint density at radius 1 is 1.11 bits per heavy atom. The number of hydrogen-bond donors (Lipinski definition) is 2. The van der Waals surface area contributed by atoms with Crippen molar-refractivity contribution in [3.05, 3.63) is 69.7 Å². The monoisotopic (exact) mass is 319 g/mol. The lowest BCUT2D eigenvalue weighted by molar-refractivity contribution is 0.147. The van der Waals surface area contributed by atoms with Crippen molar-refractivity contribution in [3.8, 4) is 0 Å². The molecule has 0 heterocycles. The van der Waals surface area contributed by atoms with Gasteiger partial charge in [-0.05, 0) is 30.2 Å². The first-order valence-electron chi connectivity index (χ1n) is 6.32. The highest BCUT2D eigenvalue weighted by molar-refractivity contribution is 9.10. The zero-order valence-corrected chi connectivity index (χ0v) is 12.5. The minimum atomic E-state index is -0.593. The Hall–Kier alpha value is -1.16. The maximum absolute atomic E-state index is 10.5. The molecule has 2 nitrogen and oxygen atoms in total. The van der Waals surface area contributed by atoms with Crippen LogP contribution in [0.4, 0.5) is 0 Å². The molecule has 0 aliphatic carbocycles. The number of hydrogen-bond acceptors (Lipinski definition) is 2. The Labute approximate surface area is 122 Å². The quantitative estimate of drug-likeness (QED) is 0.905. The van der Waals surface area contributed by atoms with Gasteiger partial charge in [0, 0.05) is 16.9 Å². The first kappa shape index (κ1) is 14.3. The van der Waals surface area contributed by atoms with Gasteiger partial charge in [0.05, 0.1) is 6.10 Å². The molecular weight excluding hydrogens is 302 g/mol. The Bertz CT molecular complexity index is 556. The van der Waals surface area contributed by atoms with E-state index in [0.29, 0.717) is 6.54 Å². The smallest absolute Gasteiger partial charge is 0.0871 e. The van der Waals surface area contributed by atoms with Crippen molar-refractivity contribution in [3.63, 3.8) is 0 Å². The first-order chi connectivity index (χ1) is 9.11. The highest BCUT2D eigenvalue weighted by atomic mass is 79.9. The van der Waals surface area contributed by atoms with Gasteiger partial charge in [0.15, 0.2) is 0 Å². The topological polar surface area (TPSA) is 46.2 Å². The van der Waals surface area contributed by atoms with E-state index >= 15 is 0 Å². The number of aliphatic hydroxyl groups is 1. The zero-order valence-electron chi connectivity index (χ0n) is 10.9. The molecule has 2 aromatic carbocycles. The predicted octanol–water partition coefficient (Wildman–Crippen LogP) is 3.53. The Morgan fingerprint density at radius 2 is 1.79 bits per heavy atom. The van der Waals surface area contributed by atoms with Crippen LogP contribution in [0.2, 0.25) is 0 Å². The summed E-state index contributed by atoms with van der Waals surface area (Å²) < 4.78 is 0.962. The third-order valence-electron chi connectivity index (χ3n) is 3.30. The lowest BCUT2D eigenvalue weighted by Crippen LogP contribution is -2.20. The van der Waals surface area contributed by atoms with Crippen LogP contribution >= 0.6 is 15.9 Å². The van der Waals surface area contributed by atoms with Crippen molar-refractivity contribution in [2.75, 3.05) is 6.54 Å². The molecule has 0 fully saturated rings.